The smallest absolute Gasteiger partial charge is 0.405 e. The predicted octanol–water partition coefficient (Wildman–Crippen LogP) is 3.49. The molecule has 0 unspecified atom stereocenters. The van der Waals surface area contributed by atoms with Crippen molar-refractivity contribution >= 4 is 0 Å². The molecule has 0 amide bonds. The summed E-state index contributed by atoms with van der Waals surface area (Å²) in [7, 11) is 0. The zero-order valence-electron chi connectivity index (χ0n) is 9.33. The van der Waals surface area contributed by atoms with Crippen LogP contribution in [0.4, 0.5) is 13.2 Å². The Hall–Kier alpha value is -1.23. The summed E-state index contributed by atoms with van der Waals surface area (Å²) in [6.07, 6.45) is -1.32. The minimum absolute atomic E-state index is 0.109. The second-order valence-electron chi connectivity index (χ2n) is 4.07. The molecule has 0 saturated carbocycles. The quantitative estimate of drug-likeness (QED) is 0.790. The monoisotopic (exact) mass is 245 g/mol. The first-order valence-corrected chi connectivity index (χ1v) is 5.66. The molecular formula is C12H14F3NO. The van der Waals surface area contributed by atoms with Crippen molar-refractivity contribution in [3.05, 3.63) is 29.8 Å². The Morgan fingerprint density at radius 3 is 2.29 bits per heavy atom. The van der Waals surface area contributed by atoms with Gasteiger partial charge in [0.15, 0.2) is 5.75 Å². The maximum absolute atomic E-state index is 12.7. The van der Waals surface area contributed by atoms with Crippen LogP contribution in [0.1, 0.15) is 24.8 Å². The summed E-state index contributed by atoms with van der Waals surface area (Å²) in [6, 6.07) is 5.32. The number of halogens is 3. The van der Waals surface area contributed by atoms with Gasteiger partial charge >= 0.3 is 6.18 Å². The molecule has 5 heteroatoms. The van der Waals surface area contributed by atoms with E-state index in [2.05, 4.69) is 0 Å². The topological polar surface area (TPSA) is 12.5 Å². The average Bonchev–Trinajstić information content (AvgIpc) is 2.30. The van der Waals surface area contributed by atoms with Gasteiger partial charge < -0.3 is 4.84 Å². The van der Waals surface area contributed by atoms with Gasteiger partial charge in [-0.3, -0.25) is 0 Å². The Kier molecular flexibility index (Phi) is 3.57. The van der Waals surface area contributed by atoms with Gasteiger partial charge in [0.1, 0.15) is 5.56 Å². The van der Waals surface area contributed by atoms with E-state index in [1.165, 1.54) is 12.1 Å². The minimum atomic E-state index is -4.37. The summed E-state index contributed by atoms with van der Waals surface area (Å²) in [4.78, 5) is 5.33. The summed E-state index contributed by atoms with van der Waals surface area (Å²) in [5, 5.41) is 1.61. The summed E-state index contributed by atoms with van der Waals surface area (Å²) in [5.41, 5.74) is -0.717. The molecule has 17 heavy (non-hydrogen) atoms. The highest BCUT2D eigenvalue weighted by Gasteiger charge is 2.34. The molecule has 1 aliphatic heterocycles. The molecule has 0 radical (unpaired) electrons. The molecule has 2 rings (SSSR count). The fraction of sp³-hybridized carbons (Fsp3) is 0.500. The molecule has 1 heterocycles. The number of rotatable bonds is 2. The number of para-hydroxylation sites is 1. The number of hydrogen-bond acceptors (Lipinski definition) is 2. The van der Waals surface area contributed by atoms with Gasteiger partial charge in [-0.15, -0.1) is 5.06 Å². The van der Waals surface area contributed by atoms with Crippen LogP contribution < -0.4 is 4.84 Å². The van der Waals surface area contributed by atoms with Crippen LogP contribution in [0.5, 0.6) is 5.75 Å². The van der Waals surface area contributed by atoms with E-state index in [0.717, 1.165) is 25.3 Å². The fourth-order valence-electron chi connectivity index (χ4n) is 1.88. The molecule has 1 aromatic rings. The van der Waals surface area contributed by atoms with Crippen LogP contribution >= 0.6 is 0 Å². The highest BCUT2D eigenvalue weighted by molar-refractivity contribution is 5.35. The number of alkyl halides is 3. The molecule has 0 aliphatic carbocycles. The van der Waals surface area contributed by atoms with Gasteiger partial charge in [-0.25, -0.2) is 0 Å². The summed E-state index contributed by atoms with van der Waals surface area (Å²) < 4.78 is 38.1. The molecule has 0 aromatic heterocycles. The lowest BCUT2D eigenvalue weighted by Crippen LogP contribution is -2.33. The zero-order chi connectivity index (χ0) is 12.3. The average molecular weight is 245 g/mol. The van der Waals surface area contributed by atoms with Gasteiger partial charge in [-0.05, 0) is 25.0 Å². The number of nitrogens with zero attached hydrogens (tertiary/aromatic N) is 1. The molecule has 1 fully saturated rings. The lowest BCUT2D eigenvalue weighted by atomic mass is 10.2. The van der Waals surface area contributed by atoms with Crippen LogP contribution in [0.25, 0.3) is 0 Å². The Morgan fingerprint density at radius 1 is 1.00 bits per heavy atom. The minimum Gasteiger partial charge on any atom is -0.405 e. The van der Waals surface area contributed by atoms with E-state index < -0.39 is 11.7 Å². The van der Waals surface area contributed by atoms with Gasteiger partial charge in [-0.1, -0.05) is 18.6 Å². The van der Waals surface area contributed by atoms with Gasteiger partial charge in [0, 0.05) is 13.1 Å². The predicted molar refractivity (Wildman–Crippen MR) is 57.5 cm³/mol. The van der Waals surface area contributed by atoms with Crippen LogP contribution in [0.2, 0.25) is 0 Å². The third-order valence-corrected chi connectivity index (χ3v) is 2.73. The van der Waals surface area contributed by atoms with Gasteiger partial charge in [0.2, 0.25) is 0 Å². The SMILES string of the molecule is FC(F)(F)c1ccccc1ON1CCCCC1. The first-order valence-electron chi connectivity index (χ1n) is 5.66. The molecule has 0 N–H and O–H groups in total. The van der Waals surface area contributed by atoms with E-state index in [1.807, 2.05) is 0 Å². The number of benzene rings is 1. The Bertz CT molecular complexity index is 372. The first kappa shape index (κ1) is 12.2. The lowest BCUT2D eigenvalue weighted by molar-refractivity contribution is -0.144. The van der Waals surface area contributed by atoms with Gasteiger partial charge in [0.05, 0.1) is 0 Å². The first-order chi connectivity index (χ1) is 8.07. The maximum Gasteiger partial charge on any atom is 0.420 e. The van der Waals surface area contributed by atoms with Crippen molar-refractivity contribution in [1.82, 2.24) is 5.06 Å². The van der Waals surface area contributed by atoms with Crippen LogP contribution in [-0.4, -0.2) is 18.2 Å². The van der Waals surface area contributed by atoms with E-state index >= 15 is 0 Å². The summed E-state index contributed by atoms with van der Waals surface area (Å²) >= 11 is 0. The Balaban J connectivity index is 2.14. The largest absolute Gasteiger partial charge is 0.420 e. The molecule has 94 valence electrons. The molecule has 1 aliphatic rings. The number of hydroxylamine groups is 2. The molecule has 1 aromatic carbocycles. The third-order valence-electron chi connectivity index (χ3n) is 2.73. The standard InChI is InChI=1S/C12H14F3NO/c13-12(14,15)10-6-2-3-7-11(10)17-16-8-4-1-5-9-16/h2-3,6-7H,1,4-5,8-9H2. The van der Waals surface area contributed by atoms with E-state index in [9.17, 15) is 13.2 Å². The van der Waals surface area contributed by atoms with Gasteiger partial charge in [0.25, 0.3) is 0 Å². The fourth-order valence-corrected chi connectivity index (χ4v) is 1.88. The highest BCUT2D eigenvalue weighted by atomic mass is 19.4. The molecule has 0 spiro atoms. The van der Waals surface area contributed by atoms with Crippen molar-refractivity contribution < 1.29 is 18.0 Å². The lowest BCUT2D eigenvalue weighted by Gasteiger charge is -2.27. The Morgan fingerprint density at radius 2 is 1.65 bits per heavy atom. The molecule has 2 nitrogen and oxygen atoms in total. The van der Waals surface area contributed by atoms with E-state index in [0.29, 0.717) is 13.1 Å². The summed E-state index contributed by atoms with van der Waals surface area (Å²) in [6.45, 7) is 1.37. The molecule has 0 bridgehead atoms. The Labute approximate surface area is 97.9 Å². The van der Waals surface area contributed by atoms with Crippen molar-refractivity contribution in [2.75, 3.05) is 13.1 Å². The summed E-state index contributed by atoms with van der Waals surface area (Å²) in [5.74, 6) is -0.109. The second kappa shape index (κ2) is 4.96. The number of piperidine rings is 1. The number of hydrogen-bond donors (Lipinski definition) is 0. The van der Waals surface area contributed by atoms with Crippen LogP contribution in [0.3, 0.4) is 0 Å². The normalized spacial score (nSPS) is 18.1. The van der Waals surface area contributed by atoms with Crippen molar-refractivity contribution in [2.45, 2.75) is 25.4 Å². The van der Waals surface area contributed by atoms with Crippen molar-refractivity contribution in [1.29, 1.82) is 0 Å². The third kappa shape index (κ3) is 3.12. The molecule has 1 saturated heterocycles. The maximum atomic E-state index is 12.7. The second-order valence-corrected chi connectivity index (χ2v) is 4.07. The van der Waals surface area contributed by atoms with E-state index in [4.69, 9.17) is 4.84 Å². The van der Waals surface area contributed by atoms with E-state index in [1.54, 1.807) is 11.1 Å². The van der Waals surface area contributed by atoms with Crippen LogP contribution in [0.15, 0.2) is 24.3 Å². The van der Waals surface area contributed by atoms with Gasteiger partial charge in [-0.2, -0.15) is 13.2 Å². The molecule has 0 atom stereocenters. The highest BCUT2D eigenvalue weighted by Crippen LogP contribution is 2.36. The van der Waals surface area contributed by atoms with Crippen molar-refractivity contribution in [3.63, 3.8) is 0 Å². The van der Waals surface area contributed by atoms with Crippen molar-refractivity contribution in [3.8, 4) is 5.75 Å². The van der Waals surface area contributed by atoms with Crippen LogP contribution in [-0.2, 0) is 6.18 Å². The van der Waals surface area contributed by atoms with E-state index in [-0.39, 0.29) is 5.75 Å². The van der Waals surface area contributed by atoms with Crippen LogP contribution in [0, 0.1) is 0 Å². The van der Waals surface area contributed by atoms with Crippen molar-refractivity contribution in [2.24, 2.45) is 0 Å². The zero-order valence-corrected chi connectivity index (χ0v) is 9.33. The molecular weight excluding hydrogens is 231 g/mol.